The SMILES string of the molecule is O=C(Nc1cc(F)c(F)c(F)c1)c1ccc(I)c(S[C@H]2CCCC[C@@H](O)C2)c1. The summed E-state index contributed by atoms with van der Waals surface area (Å²) >= 11 is 3.83. The van der Waals surface area contributed by atoms with Gasteiger partial charge < -0.3 is 10.4 Å². The Morgan fingerprint density at radius 1 is 1.11 bits per heavy atom. The van der Waals surface area contributed by atoms with Crippen LogP contribution in [0.4, 0.5) is 18.9 Å². The third kappa shape index (κ3) is 5.42. The first kappa shape index (κ1) is 21.4. The standard InChI is InChI=1S/C20H19F3INO2S/c21-15-8-12(9-16(22)19(15)23)25-20(27)11-5-6-17(24)18(7-11)28-14-4-2-1-3-13(26)10-14/h5-9,13-14,26H,1-4,10H2,(H,25,27)/t13-,14+/m1/s1. The number of aliphatic hydroxyl groups is 1. The minimum atomic E-state index is -1.57. The maximum absolute atomic E-state index is 13.3. The molecular formula is C20H19F3INO2S. The molecule has 0 unspecified atom stereocenters. The number of anilines is 1. The summed E-state index contributed by atoms with van der Waals surface area (Å²) < 4.78 is 40.7. The molecule has 2 aromatic carbocycles. The normalized spacial score (nSPS) is 19.9. The molecule has 0 aliphatic heterocycles. The zero-order valence-electron chi connectivity index (χ0n) is 14.9. The highest BCUT2D eigenvalue weighted by atomic mass is 127. The van der Waals surface area contributed by atoms with Crippen LogP contribution >= 0.6 is 34.4 Å². The maximum Gasteiger partial charge on any atom is 0.255 e. The minimum Gasteiger partial charge on any atom is -0.393 e. The molecule has 3 nitrogen and oxygen atoms in total. The minimum absolute atomic E-state index is 0.152. The van der Waals surface area contributed by atoms with E-state index in [0.717, 1.165) is 46.3 Å². The fourth-order valence-electron chi connectivity index (χ4n) is 3.14. The number of rotatable bonds is 4. The Labute approximate surface area is 179 Å². The zero-order chi connectivity index (χ0) is 20.3. The van der Waals surface area contributed by atoms with E-state index in [1.54, 1.807) is 30.0 Å². The number of carbonyl (C=O) groups is 1. The maximum atomic E-state index is 13.3. The lowest BCUT2D eigenvalue weighted by Crippen LogP contribution is -2.14. The van der Waals surface area contributed by atoms with E-state index in [0.29, 0.717) is 12.0 Å². The van der Waals surface area contributed by atoms with Crippen LogP contribution in [0.25, 0.3) is 0 Å². The van der Waals surface area contributed by atoms with Crippen molar-refractivity contribution in [1.29, 1.82) is 0 Å². The van der Waals surface area contributed by atoms with Gasteiger partial charge in [-0.25, -0.2) is 13.2 Å². The largest absolute Gasteiger partial charge is 0.393 e. The summed E-state index contributed by atoms with van der Waals surface area (Å²) in [6, 6.07) is 6.64. The number of halogens is 4. The van der Waals surface area contributed by atoms with E-state index < -0.39 is 23.4 Å². The van der Waals surface area contributed by atoms with Crippen molar-refractivity contribution in [3.8, 4) is 0 Å². The van der Waals surface area contributed by atoms with Gasteiger partial charge in [0.2, 0.25) is 0 Å². The summed E-state index contributed by atoms with van der Waals surface area (Å²) in [5, 5.41) is 12.7. The van der Waals surface area contributed by atoms with Crippen LogP contribution in [0.3, 0.4) is 0 Å². The molecule has 1 amide bonds. The number of benzene rings is 2. The second kappa shape index (κ2) is 9.49. The monoisotopic (exact) mass is 521 g/mol. The van der Waals surface area contributed by atoms with Crippen molar-refractivity contribution >= 4 is 45.9 Å². The van der Waals surface area contributed by atoms with Gasteiger partial charge in [0.25, 0.3) is 5.91 Å². The van der Waals surface area contributed by atoms with E-state index >= 15 is 0 Å². The molecule has 0 saturated heterocycles. The van der Waals surface area contributed by atoms with Gasteiger partial charge in [-0.3, -0.25) is 4.79 Å². The predicted octanol–water partition coefficient (Wildman–Crippen LogP) is 5.75. The van der Waals surface area contributed by atoms with Crippen LogP contribution in [0, 0.1) is 21.0 Å². The topological polar surface area (TPSA) is 49.3 Å². The van der Waals surface area contributed by atoms with E-state index in [1.165, 1.54) is 0 Å². The highest BCUT2D eigenvalue weighted by Crippen LogP contribution is 2.36. The Morgan fingerprint density at radius 3 is 2.50 bits per heavy atom. The summed E-state index contributed by atoms with van der Waals surface area (Å²) in [7, 11) is 0. The number of thioether (sulfide) groups is 1. The second-order valence-corrected chi connectivity index (χ2v) is 9.27. The van der Waals surface area contributed by atoms with Crippen molar-refractivity contribution < 1.29 is 23.1 Å². The van der Waals surface area contributed by atoms with E-state index in [2.05, 4.69) is 27.9 Å². The molecular weight excluding hydrogens is 502 g/mol. The molecule has 0 bridgehead atoms. The van der Waals surface area contributed by atoms with Crippen LogP contribution < -0.4 is 5.32 Å². The lowest BCUT2D eigenvalue weighted by molar-refractivity contribution is 0.102. The Balaban J connectivity index is 1.75. The zero-order valence-corrected chi connectivity index (χ0v) is 17.8. The highest BCUT2D eigenvalue weighted by Gasteiger charge is 2.21. The van der Waals surface area contributed by atoms with Crippen LogP contribution in [0.5, 0.6) is 0 Å². The van der Waals surface area contributed by atoms with Crippen LogP contribution in [0.2, 0.25) is 0 Å². The molecule has 150 valence electrons. The quantitative estimate of drug-likeness (QED) is 0.306. The first-order valence-corrected chi connectivity index (χ1v) is 10.9. The fraction of sp³-hybridized carbons (Fsp3) is 0.350. The molecule has 2 atom stereocenters. The molecule has 0 heterocycles. The average molecular weight is 521 g/mol. The lowest BCUT2D eigenvalue weighted by atomic mass is 10.2. The van der Waals surface area contributed by atoms with Gasteiger partial charge in [-0.15, -0.1) is 11.8 Å². The molecule has 0 radical (unpaired) electrons. The molecule has 2 aromatic rings. The lowest BCUT2D eigenvalue weighted by Gasteiger charge is -2.17. The molecule has 2 N–H and O–H groups in total. The van der Waals surface area contributed by atoms with Gasteiger partial charge in [-0.1, -0.05) is 12.8 Å². The third-order valence-electron chi connectivity index (χ3n) is 4.58. The molecule has 1 saturated carbocycles. The van der Waals surface area contributed by atoms with Crippen molar-refractivity contribution in [2.24, 2.45) is 0 Å². The Bertz CT molecular complexity index is 858. The number of carbonyl (C=O) groups excluding carboxylic acids is 1. The predicted molar refractivity (Wildman–Crippen MR) is 112 cm³/mol. The molecule has 8 heteroatoms. The third-order valence-corrected chi connectivity index (χ3v) is 7.24. The number of amides is 1. The smallest absolute Gasteiger partial charge is 0.255 e. The number of hydrogen-bond acceptors (Lipinski definition) is 3. The second-order valence-electron chi connectivity index (χ2n) is 6.77. The Kier molecular flexibility index (Phi) is 7.27. The molecule has 0 aromatic heterocycles. The molecule has 28 heavy (non-hydrogen) atoms. The molecule has 1 aliphatic carbocycles. The first-order chi connectivity index (χ1) is 13.3. The van der Waals surface area contributed by atoms with E-state index in [4.69, 9.17) is 0 Å². The van der Waals surface area contributed by atoms with Gasteiger partial charge in [-0.2, -0.15) is 0 Å². The van der Waals surface area contributed by atoms with E-state index in [1.807, 2.05) is 0 Å². The fourth-order valence-corrected chi connectivity index (χ4v) is 5.20. The van der Waals surface area contributed by atoms with Gasteiger partial charge >= 0.3 is 0 Å². The molecule has 3 rings (SSSR count). The molecule has 0 spiro atoms. The van der Waals surface area contributed by atoms with Crippen LogP contribution in [0.15, 0.2) is 35.2 Å². The first-order valence-electron chi connectivity index (χ1n) is 8.93. The van der Waals surface area contributed by atoms with E-state index in [-0.39, 0.29) is 17.0 Å². The number of nitrogens with one attached hydrogen (secondary N) is 1. The summed E-state index contributed by atoms with van der Waals surface area (Å²) in [5.41, 5.74) is 0.184. The average Bonchev–Trinajstić information content (AvgIpc) is 2.85. The Morgan fingerprint density at radius 2 is 1.79 bits per heavy atom. The summed E-state index contributed by atoms with van der Waals surface area (Å²) in [4.78, 5) is 13.4. The van der Waals surface area contributed by atoms with Crippen molar-refractivity contribution in [3.63, 3.8) is 0 Å². The summed E-state index contributed by atoms with van der Waals surface area (Å²) in [5.74, 6) is -4.83. The summed E-state index contributed by atoms with van der Waals surface area (Å²) in [6.07, 6.45) is 4.32. The molecule has 1 fully saturated rings. The van der Waals surface area contributed by atoms with Crippen LogP contribution in [-0.2, 0) is 0 Å². The highest BCUT2D eigenvalue weighted by molar-refractivity contribution is 14.1. The van der Waals surface area contributed by atoms with Crippen molar-refractivity contribution in [3.05, 3.63) is 56.9 Å². The Hall–Kier alpha value is -1.26. The summed E-state index contributed by atoms with van der Waals surface area (Å²) in [6.45, 7) is 0. The van der Waals surface area contributed by atoms with Crippen molar-refractivity contribution in [2.75, 3.05) is 5.32 Å². The van der Waals surface area contributed by atoms with Gasteiger partial charge in [-0.05, 0) is 60.1 Å². The van der Waals surface area contributed by atoms with Gasteiger partial charge in [0, 0.05) is 37.1 Å². The van der Waals surface area contributed by atoms with Gasteiger partial charge in [0.05, 0.1) is 6.10 Å². The van der Waals surface area contributed by atoms with E-state index in [9.17, 15) is 23.1 Å². The van der Waals surface area contributed by atoms with Crippen molar-refractivity contribution in [2.45, 2.75) is 48.4 Å². The number of aliphatic hydroxyl groups excluding tert-OH is 1. The van der Waals surface area contributed by atoms with Gasteiger partial charge in [0.15, 0.2) is 17.5 Å². The van der Waals surface area contributed by atoms with Crippen LogP contribution in [-0.4, -0.2) is 22.4 Å². The van der Waals surface area contributed by atoms with Crippen LogP contribution in [0.1, 0.15) is 42.5 Å². The van der Waals surface area contributed by atoms with Crippen molar-refractivity contribution in [1.82, 2.24) is 0 Å². The molecule has 1 aliphatic rings. The van der Waals surface area contributed by atoms with Gasteiger partial charge in [0.1, 0.15) is 0 Å². The number of hydrogen-bond donors (Lipinski definition) is 2.